The monoisotopic (exact) mass is 210 g/mol. The predicted octanol–water partition coefficient (Wildman–Crippen LogP) is -0.475. The number of nitrogens with two attached hydrogens (primary N) is 1. The third-order valence-electron chi connectivity index (χ3n) is 2.52. The van der Waals surface area contributed by atoms with Crippen LogP contribution in [0.4, 0.5) is 6.01 Å². The SMILES string of the molecule is CN1CCN(c2nc(C(N)=O)co2)CC1. The maximum absolute atomic E-state index is 10.8. The number of primary amides is 1. The molecule has 6 nitrogen and oxygen atoms in total. The molecule has 0 aromatic carbocycles. The Kier molecular flexibility index (Phi) is 2.59. The molecule has 1 aliphatic heterocycles. The van der Waals surface area contributed by atoms with Crippen LogP contribution < -0.4 is 10.6 Å². The predicted molar refractivity (Wildman–Crippen MR) is 54.7 cm³/mol. The van der Waals surface area contributed by atoms with Gasteiger partial charge in [-0.3, -0.25) is 4.79 Å². The number of nitrogens with zero attached hydrogens (tertiary/aromatic N) is 3. The van der Waals surface area contributed by atoms with Gasteiger partial charge in [0.05, 0.1) is 0 Å². The molecular weight excluding hydrogens is 196 g/mol. The minimum Gasteiger partial charge on any atom is -0.431 e. The van der Waals surface area contributed by atoms with E-state index in [1.165, 1.54) is 6.26 Å². The lowest BCUT2D eigenvalue weighted by atomic mass is 10.3. The number of aromatic nitrogens is 1. The van der Waals surface area contributed by atoms with Crippen molar-refractivity contribution in [1.29, 1.82) is 0 Å². The van der Waals surface area contributed by atoms with E-state index in [1.54, 1.807) is 0 Å². The van der Waals surface area contributed by atoms with Gasteiger partial charge in [0.15, 0.2) is 5.69 Å². The largest absolute Gasteiger partial charge is 0.431 e. The smallest absolute Gasteiger partial charge is 0.298 e. The lowest BCUT2D eigenvalue weighted by Gasteiger charge is -2.31. The van der Waals surface area contributed by atoms with E-state index in [0.717, 1.165) is 26.2 Å². The molecule has 0 spiro atoms. The molecule has 1 aliphatic rings. The second kappa shape index (κ2) is 3.90. The average molecular weight is 210 g/mol. The Hall–Kier alpha value is -1.56. The zero-order valence-electron chi connectivity index (χ0n) is 8.64. The minimum absolute atomic E-state index is 0.184. The van der Waals surface area contributed by atoms with Gasteiger partial charge in [-0.15, -0.1) is 0 Å². The highest BCUT2D eigenvalue weighted by molar-refractivity contribution is 5.90. The summed E-state index contributed by atoms with van der Waals surface area (Å²) in [6.07, 6.45) is 1.30. The van der Waals surface area contributed by atoms with Gasteiger partial charge in [0.2, 0.25) is 0 Å². The van der Waals surface area contributed by atoms with E-state index in [4.69, 9.17) is 10.2 Å². The fourth-order valence-corrected chi connectivity index (χ4v) is 1.52. The van der Waals surface area contributed by atoms with Crippen molar-refractivity contribution in [2.24, 2.45) is 5.73 Å². The fraction of sp³-hybridized carbons (Fsp3) is 0.556. The molecule has 0 saturated carbocycles. The van der Waals surface area contributed by atoms with Crippen molar-refractivity contribution in [3.63, 3.8) is 0 Å². The summed E-state index contributed by atoms with van der Waals surface area (Å²) >= 11 is 0. The van der Waals surface area contributed by atoms with Gasteiger partial charge in [0.25, 0.3) is 11.9 Å². The molecule has 0 bridgehead atoms. The normalized spacial score (nSPS) is 18.1. The van der Waals surface area contributed by atoms with E-state index in [-0.39, 0.29) is 5.69 Å². The Labute approximate surface area is 87.7 Å². The summed E-state index contributed by atoms with van der Waals surface area (Å²) in [7, 11) is 2.07. The average Bonchev–Trinajstić information content (AvgIpc) is 2.68. The van der Waals surface area contributed by atoms with Crippen LogP contribution >= 0.6 is 0 Å². The third kappa shape index (κ3) is 2.10. The van der Waals surface area contributed by atoms with Crippen LogP contribution in [0, 0.1) is 0 Å². The van der Waals surface area contributed by atoms with Crippen molar-refractivity contribution in [2.75, 3.05) is 38.1 Å². The molecule has 0 atom stereocenters. The van der Waals surface area contributed by atoms with Gasteiger partial charge in [-0.1, -0.05) is 0 Å². The molecule has 1 aromatic rings. The van der Waals surface area contributed by atoms with Gasteiger partial charge in [0.1, 0.15) is 6.26 Å². The summed E-state index contributed by atoms with van der Waals surface area (Å²) in [5.74, 6) is -0.556. The first kappa shape index (κ1) is 9.97. The Balaban J connectivity index is 2.06. The highest BCUT2D eigenvalue weighted by Crippen LogP contribution is 2.14. The Morgan fingerprint density at radius 2 is 2.13 bits per heavy atom. The van der Waals surface area contributed by atoms with Crippen LogP contribution in [0.5, 0.6) is 0 Å². The number of carbonyl (C=O) groups is 1. The summed E-state index contributed by atoms with van der Waals surface area (Å²) in [4.78, 5) is 19.1. The molecule has 1 aromatic heterocycles. The van der Waals surface area contributed by atoms with Gasteiger partial charge >= 0.3 is 0 Å². The molecule has 82 valence electrons. The molecule has 2 heterocycles. The Morgan fingerprint density at radius 1 is 1.47 bits per heavy atom. The maximum atomic E-state index is 10.8. The molecule has 0 radical (unpaired) electrons. The number of rotatable bonds is 2. The summed E-state index contributed by atoms with van der Waals surface area (Å²) in [6.45, 7) is 3.65. The first-order chi connectivity index (χ1) is 7.16. The number of carbonyl (C=O) groups excluding carboxylic acids is 1. The maximum Gasteiger partial charge on any atom is 0.298 e. The van der Waals surface area contributed by atoms with Crippen LogP contribution in [0.2, 0.25) is 0 Å². The molecule has 1 amide bonds. The Bertz CT molecular complexity index is 355. The van der Waals surface area contributed by atoms with Crippen molar-refractivity contribution in [3.8, 4) is 0 Å². The van der Waals surface area contributed by atoms with Crippen LogP contribution in [-0.2, 0) is 0 Å². The number of oxazole rings is 1. The van der Waals surface area contributed by atoms with E-state index in [9.17, 15) is 4.79 Å². The quantitative estimate of drug-likeness (QED) is 0.714. The van der Waals surface area contributed by atoms with Gasteiger partial charge in [-0.2, -0.15) is 4.98 Å². The van der Waals surface area contributed by atoms with Gasteiger partial charge in [-0.25, -0.2) is 0 Å². The topological polar surface area (TPSA) is 75.6 Å². The summed E-state index contributed by atoms with van der Waals surface area (Å²) < 4.78 is 5.20. The number of amides is 1. The molecule has 0 aliphatic carbocycles. The summed E-state index contributed by atoms with van der Waals surface area (Å²) in [5, 5.41) is 0. The van der Waals surface area contributed by atoms with E-state index >= 15 is 0 Å². The number of piperazine rings is 1. The zero-order valence-corrected chi connectivity index (χ0v) is 8.64. The fourth-order valence-electron chi connectivity index (χ4n) is 1.52. The lowest BCUT2D eigenvalue weighted by Crippen LogP contribution is -2.44. The van der Waals surface area contributed by atoms with Crippen LogP contribution in [0.25, 0.3) is 0 Å². The first-order valence-corrected chi connectivity index (χ1v) is 4.85. The minimum atomic E-state index is -0.556. The van der Waals surface area contributed by atoms with E-state index < -0.39 is 5.91 Å². The van der Waals surface area contributed by atoms with Crippen LogP contribution in [-0.4, -0.2) is 49.0 Å². The van der Waals surface area contributed by atoms with Crippen molar-refractivity contribution in [2.45, 2.75) is 0 Å². The second-order valence-electron chi connectivity index (χ2n) is 3.67. The number of hydrogen-bond acceptors (Lipinski definition) is 5. The second-order valence-corrected chi connectivity index (χ2v) is 3.67. The van der Waals surface area contributed by atoms with E-state index in [1.807, 2.05) is 4.90 Å². The summed E-state index contributed by atoms with van der Waals surface area (Å²) in [6, 6.07) is 0.483. The van der Waals surface area contributed by atoms with Gasteiger partial charge in [-0.05, 0) is 7.05 Å². The van der Waals surface area contributed by atoms with E-state index in [2.05, 4.69) is 16.9 Å². The standard InChI is InChI=1S/C9H14N4O2/c1-12-2-4-13(5-3-12)9-11-7(6-15-9)8(10)14/h6H,2-5H2,1H3,(H2,10,14). The van der Waals surface area contributed by atoms with Crippen molar-refractivity contribution < 1.29 is 9.21 Å². The Morgan fingerprint density at radius 3 is 2.67 bits per heavy atom. The van der Waals surface area contributed by atoms with Crippen molar-refractivity contribution in [1.82, 2.24) is 9.88 Å². The van der Waals surface area contributed by atoms with Crippen LogP contribution in [0.15, 0.2) is 10.7 Å². The molecule has 1 fully saturated rings. The van der Waals surface area contributed by atoms with Crippen molar-refractivity contribution >= 4 is 11.9 Å². The highest BCUT2D eigenvalue weighted by atomic mass is 16.4. The molecule has 6 heteroatoms. The van der Waals surface area contributed by atoms with Crippen LogP contribution in [0.1, 0.15) is 10.5 Å². The molecule has 15 heavy (non-hydrogen) atoms. The number of likely N-dealkylation sites (N-methyl/N-ethyl adjacent to an activating group) is 1. The molecule has 2 rings (SSSR count). The van der Waals surface area contributed by atoms with Gasteiger partial charge in [0, 0.05) is 26.2 Å². The number of anilines is 1. The first-order valence-electron chi connectivity index (χ1n) is 4.85. The van der Waals surface area contributed by atoms with E-state index in [0.29, 0.717) is 6.01 Å². The highest BCUT2D eigenvalue weighted by Gasteiger charge is 2.19. The molecular formula is C9H14N4O2. The lowest BCUT2D eigenvalue weighted by molar-refractivity contribution is 0.0995. The molecule has 0 unspecified atom stereocenters. The molecule has 1 saturated heterocycles. The summed E-state index contributed by atoms with van der Waals surface area (Å²) in [5.41, 5.74) is 5.27. The van der Waals surface area contributed by atoms with Crippen LogP contribution in [0.3, 0.4) is 0 Å². The number of hydrogen-bond donors (Lipinski definition) is 1. The van der Waals surface area contributed by atoms with Crippen molar-refractivity contribution in [3.05, 3.63) is 12.0 Å². The molecule has 2 N–H and O–H groups in total. The van der Waals surface area contributed by atoms with Gasteiger partial charge < -0.3 is 20.0 Å². The zero-order chi connectivity index (χ0) is 10.8. The third-order valence-corrected chi connectivity index (χ3v) is 2.52.